The Bertz CT molecular complexity index is 276. The molecule has 0 unspecified atom stereocenters. The van der Waals surface area contributed by atoms with Crippen molar-refractivity contribution in [2.24, 2.45) is 0 Å². The van der Waals surface area contributed by atoms with Crippen LogP contribution in [-0.4, -0.2) is 30.7 Å². The zero-order valence-electron chi connectivity index (χ0n) is 8.29. The van der Waals surface area contributed by atoms with Gasteiger partial charge in [-0.15, -0.1) is 0 Å². The van der Waals surface area contributed by atoms with Crippen molar-refractivity contribution in [2.75, 3.05) is 20.7 Å². The summed E-state index contributed by atoms with van der Waals surface area (Å²) in [6.45, 7) is 2.87. The quantitative estimate of drug-likeness (QED) is 0.737. The predicted molar refractivity (Wildman–Crippen MR) is 51.0 cm³/mol. The maximum atomic E-state index is 5.14. The van der Waals surface area contributed by atoms with Gasteiger partial charge in [0.2, 0.25) is 5.88 Å². The molecule has 0 bridgehead atoms. The summed E-state index contributed by atoms with van der Waals surface area (Å²) in [4.78, 5) is 8.17. The number of aryl methyl sites for hydroxylation is 1. The van der Waals surface area contributed by atoms with Crippen molar-refractivity contribution in [1.29, 1.82) is 0 Å². The summed E-state index contributed by atoms with van der Waals surface area (Å²) in [6, 6.07) is 0. The highest BCUT2D eigenvalue weighted by Gasteiger charge is 2.07. The maximum Gasteiger partial charge on any atom is 0.219 e. The van der Waals surface area contributed by atoms with Gasteiger partial charge in [-0.25, -0.2) is 9.97 Å². The molecule has 0 radical (unpaired) electrons. The molecule has 4 heteroatoms. The van der Waals surface area contributed by atoms with Crippen LogP contribution < -0.4 is 10.1 Å². The molecule has 0 aliphatic heterocycles. The lowest BCUT2D eigenvalue weighted by atomic mass is 10.1. The van der Waals surface area contributed by atoms with E-state index >= 15 is 0 Å². The van der Waals surface area contributed by atoms with Crippen molar-refractivity contribution >= 4 is 0 Å². The molecule has 1 aromatic heterocycles. The number of aromatic nitrogens is 2. The smallest absolute Gasteiger partial charge is 0.219 e. The molecular formula is C9H15N3O. The van der Waals surface area contributed by atoms with E-state index in [-0.39, 0.29) is 0 Å². The highest BCUT2D eigenvalue weighted by Crippen LogP contribution is 2.16. The monoisotopic (exact) mass is 181 g/mol. The molecule has 72 valence electrons. The van der Waals surface area contributed by atoms with Gasteiger partial charge in [-0.2, -0.15) is 0 Å². The zero-order valence-corrected chi connectivity index (χ0v) is 8.29. The predicted octanol–water partition coefficient (Wildman–Crippen LogP) is 0.556. The van der Waals surface area contributed by atoms with Gasteiger partial charge < -0.3 is 10.1 Å². The lowest BCUT2D eigenvalue weighted by Crippen LogP contribution is -2.12. The van der Waals surface area contributed by atoms with Crippen LogP contribution in [0.1, 0.15) is 11.3 Å². The molecule has 13 heavy (non-hydrogen) atoms. The highest BCUT2D eigenvalue weighted by molar-refractivity contribution is 5.29. The first kappa shape index (κ1) is 9.92. The fourth-order valence-electron chi connectivity index (χ4n) is 1.19. The van der Waals surface area contributed by atoms with Crippen molar-refractivity contribution in [2.45, 2.75) is 13.3 Å². The molecule has 0 saturated carbocycles. The number of hydrogen-bond donors (Lipinski definition) is 1. The number of rotatable bonds is 4. The summed E-state index contributed by atoms with van der Waals surface area (Å²) in [5.74, 6) is 0.683. The fraction of sp³-hybridized carbons (Fsp3) is 0.556. The van der Waals surface area contributed by atoms with Crippen molar-refractivity contribution < 1.29 is 4.74 Å². The molecule has 0 aromatic carbocycles. The van der Waals surface area contributed by atoms with E-state index in [4.69, 9.17) is 4.74 Å². The van der Waals surface area contributed by atoms with Crippen LogP contribution in [0.5, 0.6) is 5.88 Å². The molecule has 1 N–H and O–H groups in total. The third-order valence-electron chi connectivity index (χ3n) is 1.94. The molecule has 4 nitrogen and oxygen atoms in total. The van der Waals surface area contributed by atoms with Gasteiger partial charge in [0.1, 0.15) is 6.33 Å². The van der Waals surface area contributed by atoms with Crippen LogP contribution in [0.2, 0.25) is 0 Å². The summed E-state index contributed by atoms with van der Waals surface area (Å²) in [6.07, 6.45) is 2.42. The highest BCUT2D eigenvalue weighted by atomic mass is 16.5. The van der Waals surface area contributed by atoms with Crippen LogP contribution in [0.15, 0.2) is 6.33 Å². The number of likely N-dealkylation sites (N-methyl/N-ethyl adjacent to an activating group) is 1. The molecule has 1 rings (SSSR count). The maximum absolute atomic E-state index is 5.14. The zero-order chi connectivity index (χ0) is 9.68. The van der Waals surface area contributed by atoms with Crippen molar-refractivity contribution in [3.8, 4) is 5.88 Å². The average molecular weight is 181 g/mol. The van der Waals surface area contributed by atoms with Crippen LogP contribution in [0.4, 0.5) is 0 Å². The van der Waals surface area contributed by atoms with Crippen molar-refractivity contribution in [1.82, 2.24) is 15.3 Å². The Morgan fingerprint density at radius 2 is 2.23 bits per heavy atom. The van der Waals surface area contributed by atoms with E-state index in [2.05, 4.69) is 15.3 Å². The minimum atomic E-state index is 0.683. The molecule has 1 aromatic rings. The lowest BCUT2D eigenvalue weighted by molar-refractivity contribution is 0.390. The van der Waals surface area contributed by atoms with E-state index in [9.17, 15) is 0 Å². The number of methoxy groups -OCH3 is 1. The van der Waals surface area contributed by atoms with Crippen LogP contribution in [0.25, 0.3) is 0 Å². The third kappa shape index (κ3) is 2.39. The Morgan fingerprint density at radius 3 is 2.85 bits per heavy atom. The second-order valence-electron chi connectivity index (χ2n) is 2.80. The van der Waals surface area contributed by atoms with E-state index in [1.807, 2.05) is 14.0 Å². The van der Waals surface area contributed by atoms with Gasteiger partial charge in [0.15, 0.2) is 0 Å². The topological polar surface area (TPSA) is 47.0 Å². The number of ether oxygens (including phenoxy) is 1. The first-order chi connectivity index (χ1) is 6.29. The van der Waals surface area contributed by atoms with Gasteiger partial charge >= 0.3 is 0 Å². The Morgan fingerprint density at radius 1 is 1.46 bits per heavy atom. The van der Waals surface area contributed by atoms with Crippen molar-refractivity contribution in [3.63, 3.8) is 0 Å². The second-order valence-corrected chi connectivity index (χ2v) is 2.80. The first-order valence-corrected chi connectivity index (χ1v) is 4.28. The molecule has 0 amide bonds. The van der Waals surface area contributed by atoms with E-state index in [0.29, 0.717) is 5.88 Å². The Labute approximate surface area is 78.4 Å². The van der Waals surface area contributed by atoms with Gasteiger partial charge in [0.25, 0.3) is 0 Å². The summed E-state index contributed by atoms with van der Waals surface area (Å²) in [5, 5.41) is 3.08. The van der Waals surface area contributed by atoms with Gasteiger partial charge in [-0.05, 0) is 26.9 Å². The summed E-state index contributed by atoms with van der Waals surface area (Å²) >= 11 is 0. The van der Waals surface area contributed by atoms with Crippen molar-refractivity contribution in [3.05, 3.63) is 17.6 Å². The Hall–Kier alpha value is -1.16. The molecule has 0 saturated heterocycles. The van der Waals surface area contributed by atoms with Gasteiger partial charge in [0.05, 0.1) is 7.11 Å². The largest absolute Gasteiger partial charge is 0.481 e. The summed E-state index contributed by atoms with van der Waals surface area (Å²) < 4.78 is 5.14. The fourth-order valence-corrected chi connectivity index (χ4v) is 1.19. The van der Waals surface area contributed by atoms with E-state index < -0.39 is 0 Å². The molecule has 1 heterocycles. The van der Waals surface area contributed by atoms with Crippen LogP contribution in [0, 0.1) is 6.92 Å². The van der Waals surface area contributed by atoms with Crippen LogP contribution in [-0.2, 0) is 6.42 Å². The summed E-state index contributed by atoms with van der Waals surface area (Å²) in [7, 11) is 3.55. The summed E-state index contributed by atoms with van der Waals surface area (Å²) in [5.41, 5.74) is 2.07. The molecular weight excluding hydrogens is 166 g/mol. The van der Waals surface area contributed by atoms with E-state index in [0.717, 1.165) is 24.2 Å². The normalized spacial score (nSPS) is 10.1. The average Bonchev–Trinajstić information content (AvgIpc) is 2.15. The number of nitrogens with zero attached hydrogens (tertiary/aromatic N) is 2. The molecule has 0 aliphatic rings. The van der Waals surface area contributed by atoms with Gasteiger partial charge in [0, 0.05) is 11.3 Å². The van der Waals surface area contributed by atoms with E-state index in [1.165, 1.54) is 6.33 Å². The molecule has 0 spiro atoms. The van der Waals surface area contributed by atoms with Crippen LogP contribution in [0.3, 0.4) is 0 Å². The standard InChI is InChI=1S/C9H15N3O/c1-7-8(4-5-10-2)9(13-3)12-6-11-7/h6,10H,4-5H2,1-3H3. The third-order valence-corrected chi connectivity index (χ3v) is 1.94. The number of hydrogen-bond acceptors (Lipinski definition) is 4. The SMILES string of the molecule is CNCCc1c(C)ncnc1OC. The Balaban J connectivity index is 2.87. The minimum Gasteiger partial charge on any atom is -0.481 e. The molecule has 0 fully saturated rings. The van der Waals surface area contributed by atoms with Gasteiger partial charge in [-0.3, -0.25) is 0 Å². The molecule has 0 aliphatic carbocycles. The Kier molecular flexibility index (Phi) is 3.64. The minimum absolute atomic E-state index is 0.683. The second kappa shape index (κ2) is 4.77. The van der Waals surface area contributed by atoms with E-state index in [1.54, 1.807) is 7.11 Å². The van der Waals surface area contributed by atoms with Crippen LogP contribution >= 0.6 is 0 Å². The number of nitrogens with one attached hydrogen (secondary N) is 1. The first-order valence-electron chi connectivity index (χ1n) is 4.28. The molecule has 0 atom stereocenters. The van der Waals surface area contributed by atoms with Gasteiger partial charge in [-0.1, -0.05) is 0 Å². The lowest BCUT2D eigenvalue weighted by Gasteiger charge is -2.08.